The molecule has 4 heteroatoms. The summed E-state index contributed by atoms with van der Waals surface area (Å²) in [6.07, 6.45) is -0.0461. The number of ether oxygens (including phenoxy) is 1. The molecule has 2 rings (SSSR count). The maximum absolute atomic E-state index is 6.10. The largest absolute Gasteiger partial charge is 0.485 e. The van der Waals surface area contributed by atoms with Gasteiger partial charge < -0.3 is 4.74 Å². The number of thiophene rings is 1. The van der Waals surface area contributed by atoms with Gasteiger partial charge in [0.2, 0.25) is 0 Å². The second-order valence-corrected chi connectivity index (χ2v) is 6.07. The van der Waals surface area contributed by atoms with Crippen LogP contribution in [0.3, 0.4) is 0 Å². The van der Waals surface area contributed by atoms with Gasteiger partial charge in [0.1, 0.15) is 11.9 Å². The molecule has 0 aliphatic heterocycles. The summed E-state index contributed by atoms with van der Waals surface area (Å²) in [4.78, 5) is 0. The Morgan fingerprint density at radius 3 is 2.75 bits per heavy atom. The van der Waals surface area contributed by atoms with Crippen molar-refractivity contribution in [1.29, 1.82) is 0 Å². The molecule has 0 saturated heterocycles. The fourth-order valence-electron chi connectivity index (χ4n) is 1.43. The van der Waals surface area contributed by atoms with Crippen LogP contribution in [0.25, 0.3) is 0 Å². The lowest BCUT2D eigenvalue weighted by atomic mass is 10.1. The van der Waals surface area contributed by atoms with Crippen molar-refractivity contribution in [2.24, 2.45) is 0 Å². The fraction of sp³-hybridized carbons (Fsp3) is 0.167. The first-order valence-corrected chi connectivity index (χ1v) is 6.87. The molecular formula is C12H10BrClOS. The van der Waals surface area contributed by atoms with Crippen molar-refractivity contribution in [2.45, 2.75) is 13.0 Å². The van der Waals surface area contributed by atoms with Crippen LogP contribution in [-0.4, -0.2) is 0 Å². The Morgan fingerprint density at radius 2 is 2.12 bits per heavy atom. The van der Waals surface area contributed by atoms with Crippen LogP contribution in [0.5, 0.6) is 5.75 Å². The highest BCUT2D eigenvalue weighted by atomic mass is 79.9. The number of hydrogen-bond donors (Lipinski definition) is 0. The molecule has 1 atom stereocenters. The van der Waals surface area contributed by atoms with E-state index < -0.39 is 0 Å². The van der Waals surface area contributed by atoms with Gasteiger partial charge in [0.25, 0.3) is 0 Å². The van der Waals surface area contributed by atoms with Gasteiger partial charge in [0.05, 0.1) is 3.79 Å². The molecule has 1 aromatic heterocycles. The van der Waals surface area contributed by atoms with Crippen molar-refractivity contribution >= 4 is 38.9 Å². The van der Waals surface area contributed by atoms with Gasteiger partial charge >= 0.3 is 0 Å². The van der Waals surface area contributed by atoms with Gasteiger partial charge in [-0.15, -0.1) is 11.3 Å². The van der Waals surface area contributed by atoms with Crippen molar-refractivity contribution in [1.82, 2.24) is 0 Å². The van der Waals surface area contributed by atoms with Crippen LogP contribution < -0.4 is 4.74 Å². The third kappa shape index (κ3) is 2.78. The van der Waals surface area contributed by atoms with E-state index in [1.165, 1.54) is 0 Å². The number of rotatable bonds is 3. The molecule has 0 aliphatic carbocycles. The zero-order valence-corrected chi connectivity index (χ0v) is 11.8. The Labute approximate surface area is 112 Å². The minimum absolute atomic E-state index is 0.0461. The van der Waals surface area contributed by atoms with Crippen LogP contribution in [-0.2, 0) is 0 Å². The summed E-state index contributed by atoms with van der Waals surface area (Å²) in [5, 5.41) is 2.71. The smallest absolute Gasteiger partial charge is 0.132 e. The molecule has 0 N–H and O–H groups in total. The quantitative estimate of drug-likeness (QED) is 0.746. The Morgan fingerprint density at radius 1 is 1.38 bits per heavy atom. The van der Waals surface area contributed by atoms with E-state index in [1.54, 1.807) is 11.3 Å². The molecular weight excluding hydrogens is 308 g/mol. The SMILES string of the molecule is CC(Oc1csc(Br)c1)c1ccccc1Cl. The molecule has 1 heterocycles. The van der Waals surface area contributed by atoms with Crippen molar-refractivity contribution in [3.05, 3.63) is 50.1 Å². The molecule has 1 nitrogen and oxygen atoms in total. The Hall–Kier alpha value is -0.510. The number of halogens is 2. The molecule has 0 spiro atoms. The van der Waals surface area contributed by atoms with Crippen LogP contribution in [0.1, 0.15) is 18.6 Å². The highest BCUT2D eigenvalue weighted by Crippen LogP contribution is 2.31. The molecule has 0 aliphatic rings. The molecule has 84 valence electrons. The Balaban J connectivity index is 2.14. The van der Waals surface area contributed by atoms with Crippen LogP contribution >= 0.6 is 38.9 Å². The maximum atomic E-state index is 6.10. The summed E-state index contributed by atoms with van der Waals surface area (Å²) in [5.74, 6) is 0.865. The second-order valence-electron chi connectivity index (χ2n) is 3.37. The average Bonchev–Trinajstić information content (AvgIpc) is 2.64. The van der Waals surface area contributed by atoms with Crippen molar-refractivity contribution in [2.75, 3.05) is 0 Å². The van der Waals surface area contributed by atoms with Gasteiger partial charge in [-0.05, 0) is 28.9 Å². The summed E-state index contributed by atoms with van der Waals surface area (Å²) >= 11 is 11.1. The van der Waals surface area contributed by atoms with Gasteiger partial charge in [-0.1, -0.05) is 29.8 Å². The number of benzene rings is 1. The zero-order chi connectivity index (χ0) is 11.5. The Kier molecular flexibility index (Phi) is 3.90. The monoisotopic (exact) mass is 316 g/mol. The summed E-state index contributed by atoms with van der Waals surface area (Å²) < 4.78 is 6.86. The van der Waals surface area contributed by atoms with Gasteiger partial charge in [0, 0.05) is 22.0 Å². The maximum Gasteiger partial charge on any atom is 0.132 e. The predicted octanol–water partition coefficient (Wildman–Crippen LogP) is 5.30. The highest BCUT2D eigenvalue weighted by molar-refractivity contribution is 9.11. The van der Waals surface area contributed by atoms with Crippen molar-refractivity contribution < 1.29 is 4.74 Å². The molecule has 0 radical (unpaired) electrons. The minimum atomic E-state index is -0.0461. The molecule has 2 aromatic rings. The van der Waals surface area contributed by atoms with E-state index in [4.69, 9.17) is 16.3 Å². The lowest BCUT2D eigenvalue weighted by Gasteiger charge is -2.14. The third-order valence-electron chi connectivity index (χ3n) is 2.20. The van der Waals surface area contributed by atoms with E-state index in [1.807, 2.05) is 42.6 Å². The molecule has 0 fully saturated rings. The van der Waals surface area contributed by atoms with Gasteiger partial charge in [-0.25, -0.2) is 0 Å². The highest BCUT2D eigenvalue weighted by Gasteiger charge is 2.11. The number of hydrogen-bond acceptors (Lipinski definition) is 2. The first-order chi connectivity index (χ1) is 7.66. The van der Waals surface area contributed by atoms with Crippen LogP contribution in [0, 0.1) is 0 Å². The molecule has 0 bridgehead atoms. The summed E-state index contributed by atoms with van der Waals surface area (Å²) in [5.41, 5.74) is 1.01. The fourth-order valence-corrected chi connectivity index (χ4v) is 2.76. The van der Waals surface area contributed by atoms with Gasteiger partial charge in [-0.3, -0.25) is 0 Å². The standard InChI is InChI=1S/C12H10BrClOS/c1-8(10-4-2-3-5-11(10)14)15-9-6-12(13)16-7-9/h2-8H,1H3. The average molecular weight is 318 g/mol. The van der Waals surface area contributed by atoms with E-state index in [0.29, 0.717) is 0 Å². The molecule has 1 aromatic carbocycles. The molecule has 16 heavy (non-hydrogen) atoms. The van der Waals surface area contributed by atoms with Gasteiger partial charge in [-0.2, -0.15) is 0 Å². The first kappa shape index (κ1) is 12.0. The topological polar surface area (TPSA) is 9.23 Å². The van der Waals surface area contributed by atoms with E-state index in [9.17, 15) is 0 Å². The second kappa shape index (κ2) is 5.21. The predicted molar refractivity (Wildman–Crippen MR) is 72.5 cm³/mol. The third-order valence-corrected chi connectivity index (χ3v) is 4.03. The van der Waals surface area contributed by atoms with E-state index in [-0.39, 0.29) is 6.10 Å². The van der Waals surface area contributed by atoms with Crippen LogP contribution in [0.15, 0.2) is 39.5 Å². The molecule has 0 saturated carbocycles. The van der Waals surface area contributed by atoms with Crippen LogP contribution in [0.2, 0.25) is 5.02 Å². The van der Waals surface area contributed by atoms with E-state index in [0.717, 1.165) is 20.1 Å². The lowest BCUT2D eigenvalue weighted by Crippen LogP contribution is -2.02. The van der Waals surface area contributed by atoms with E-state index in [2.05, 4.69) is 15.9 Å². The zero-order valence-electron chi connectivity index (χ0n) is 8.61. The Bertz CT molecular complexity index is 483. The summed E-state index contributed by atoms with van der Waals surface area (Å²) in [7, 11) is 0. The van der Waals surface area contributed by atoms with Gasteiger partial charge in [0.15, 0.2) is 0 Å². The molecule has 0 amide bonds. The van der Waals surface area contributed by atoms with Crippen molar-refractivity contribution in [3.63, 3.8) is 0 Å². The summed E-state index contributed by atoms with van der Waals surface area (Å²) in [6, 6.07) is 9.69. The lowest BCUT2D eigenvalue weighted by molar-refractivity contribution is 0.228. The van der Waals surface area contributed by atoms with E-state index >= 15 is 0 Å². The van der Waals surface area contributed by atoms with Crippen molar-refractivity contribution in [3.8, 4) is 5.75 Å². The first-order valence-electron chi connectivity index (χ1n) is 4.82. The summed E-state index contributed by atoms with van der Waals surface area (Å²) in [6.45, 7) is 1.99. The van der Waals surface area contributed by atoms with Crippen LogP contribution in [0.4, 0.5) is 0 Å². The molecule has 1 unspecified atom stereocenters. The minimum Gasteiger partial charge on any atom is -0.485 e. The normalized spacial score (nSPS) is 12.4.